The Balaban J connectivity index is 0. The quantitative estimate of drug-likeness (QED) is 0.215. The van der Waals surface area contributed by atoms with Crippen molar-refractivity contribution >= 4 is 20.2 Å². The fraction of sp³-hybridized carbons (Fsp3) is 1.00. The summed E-state index contributed by atoms with van der Waals surface area (Å²) >= 11 is 0. The Kier molecular flexibility index (Phi) is 11.1. The molecule has 0 aromatic rings. The van der Waals surface area contributed by atoms with Gasteiger partial charge in [0.2, 0.25) is 0 Å². The van der Waals surface area contributed by atoms with E-state index >= 15 is 0 Å². The molecule has 0 aliphatic rings. The smallest absolute Gasteiger partial charge is 0.279 e. The van der Waals surface area contributed by atoms with Gasteiger partial charge in [0, 0.05) is 0 Å². The van der Waals surface area contributed by atoms with E-state index in [1.807, 2.05) is 0 Å². The molecule has 148 valence electrons. The van der Waals surface area contributed by atoms with Crippen molar-refractivity contribution in [3.8, 4) is 0 Å². The first-order valence-corrected chi connectivity index (χ1v) is 9.40. The third-order valence-corrected chi connectivity index (χ3v) is 3.94. The summed E-state index contributed by atoms with van der Waals surface area (Å²) < 4.78 is 118. The van der Waals surface area contributed by atoms with E-state index < -0.39 is 37.9 Å². The van der Waals surface area contributed by atoms with Gasteiger partial charge in [0.15, 0.2) is 0 Å². The summed E-state index contributed by atoms with van der Waals surface area (Å²) in [7, 11) is -11.2. The summed E-state index contributed by atoms with van der Waals surface area (Å²) in [5, 5.41) is 0. The monoisotopic (exact) mass is 412 g/mol. The number of halogens is 6. The molecule has 0 heterocycles. The SMILES string of the molecule is CCCCCCCCOS(=O)(=O)C(F)(F)F.O=S(=O)(O)C(F)(F)F. The molecule has 0 saturated carbocycles. The zero-order valence-electron chi connectivity index (χ0n) is 12.5. The van der Waals surface area contributed by atoms with E-state index in [2.05, 4.69) is 11.1 Å². The van der Waals surface area contributed by atoms with E-state index in [9.17, 15) is 34.8 Å². The summed E-state index contributed by atoms with van der Waals surface area (Å²) in [5.41, 5.74) is -10.8. The van der Waals surface area contributed by atoms with Crippen molar-refractivity contribution in [3.63, 3.8) is 0 Å². The van der Waals surface area contributed by atoms with Crippen molar-refractivity contribution in [2.24, 2.45) is 0 Å². The van der Waals surface area contributed by atoms with Gasteiger partial charge in [-0.15, -0.1) is 0 Å². The van der Waals surface area contributed by atoms with Crippen LogP contribution in [0.4, 0.5) is 26.3 Å². The summed E-state index contributed by atoms with van der Waals surface area (Å²) in [5.74, 6) is 0. The predicted octanol–water partition coefficient (Wildman–Crippen LogP) is 3.61. The minimum absolute atomic E-state index is 0.332. The van der Waals surface area contributed by atoms with Crippen molar-refractivity contribution < 1.29 is 51.9 Å². The third kappa shape index (κ3) is 11.9. The van der Waals surface area contributed by atoms with Crippen LogP contribution in [0.25, 0.3) is 0 Å². The third-order valence-electron chi connectivity index (χ3n) is 2.31. The van der Waals surface area contributed by atoms with Crippen LogP contribution in [0.3, 0.4) is 0 Å². The maximum Gasteiger partial charge on any atom is 0.523 e. The molecule has 0 aliphatic heterocycles. The van der Waals surface area contributed by atoms with Crippen molar-refractivity contribution in [2.45, 2.75) is 56.5 Å². The molecule has 0 radical (unpaired) electrons. The number of alkyl halides is 6. The highest BCUT2D eigenvalue weighted by atomic mass is 32.2. The van der Waals surface area contributed by atoms with Crippen molar-refractivity contribution in [1.82, 2.24) is 0 Å². The molecule has 0 spiro atoms. The molecule has 0 unspecified atom stereocenters. The lowest BCUT2D eigenvalue weighted by molar-refractivity contribution is -0.0543. The molecule has 0 aromatic carbocycles. The Labute approximate surface area is 136 Å². The van der Waals surface area contributed by atoms with E-state index in [-0.39, 0.29) is 0 Å². The van der Waals surface area contributed by atoms with Crippen LogP contribution in [0.15, 0.2) is 0 Å². The molecular formula is C10H18F6O6S2. The van der Waals surface area contributed by atoms with E-state index in [4.69, 9.17) is 13.0 Å². The topological polar surface area (TPSA) is 97.7 Å². The highest BCUT2D eigenvalue weighted by Gasteiger charge is 2.47. The summed E-state index contributed by atoms with van der Waals surface area (Å²) in [6.45, 7) is 1.66. The maximum absolute atomic E-state index is 11.8. The fourth-order valence-corrected chi connectivity index (χ4v) is 1.59. The average molecular weight is 412 g/mol. The van der Waals surface area contributed by atoms with Gasteiger partial charge in [-0.05, 0) is 6.42 Å². The lowest BCUT2D eigenvalue weighted by atomic mass is 10.1. The first-order valence-electron chi connectivity index (χ1n) is 6.55. The zero-order chi connectivity index (χ0) is 19.7. The number of unbranched alkanes of at least 4 members (excludes halogenated alkanes) is 5. The fourth-order valence-electron chi connectivity index (χ4n) is 1.12. The van der Waals surface area contributed by atoms with Gasteiger partial charge in [0.05, 0.1) is 6.61 Å². The predicted molar refractivity (Wildman–Crippen MR) is 71.9 cm³/mol. The van der Waals surface area contributed by atoms with Gasteiger partial charge in [-0.3, -0.25) is 8.74 Å². The highest BCUT2D eigenvalue weighted by Crippen LogP contribution is 2.24. The Morgan fingerprint density at radius 2 is 1.17 bits per heavy atom. The lowest BCUT2D eigenvalue weighted by Crippen LogP contribution is -2.25. The van der Waals surface area contributed by atoms with Crippen LogP contribution in [0.1, 0.15) is 45.4 Å². The second-order valence-corrected chi connectivity index (χ2v) is 7.43. The van der Waals surface area contributed by atoms with Crippen molar-refractivity contribution in [2.75, 3.05) is 6.61 Å². The van der Waals surface area contributed by atoms with Crippen molar-refractivity contribution in [1.29, 1.82) is 0 Å². The molecular weight excluding hydrogens is 394 g/mol. The van der Waals surface area contributed by atoms with Gasteiger partial charge in [-0.25, -0.2) is 0 Å². The van der Waals surface area contributed by atoms with Crippen molar-refractivity contribution in [3.05, 3.63) is 0 Å². The molecule has 6 nitrogen and oxygen atoms in total. The Hall–Kier alpha value is -0.600. The molecule has 0 bridgehead atoms. The van der Waals surface area contributed by atoms with Crippen LogP contribution in [0.2, 0.25) is 0 Å². The Bertz CT molecular complexity index is 537. The molecule has 0 fully saturated rings. The van der Waals surface area contributed by atoms with Gasteiger partial charge in [0.25, 0.3) is 0 Å². The van der Waals surface area contributed by atoms with E-state index in [1.165, 1.54) is 0 Å². The van der Waals surface area contributed by atoms with Crippen LogP contribution >= 0.6 is 0 Å². The Morgan fingerprint density at radius 1 is 0.792 bits per heavy atom. The van der Waals surface area contributed by atoms with Crippen LogP contribution in [0.5, 0.6) is 0 Å². The standard InChI is InChI=1S/C9H17F3O3S.CHF3O3S/c1-2-3-4-5-6-7-8-15-16(13,14)9(10,11)12;2-1(3,4)8(5,6)7/h2-8H2,1H3;(H,5,6,7). The summed E-state index contributed by atoms with van der Waals surface area (Å²) in [6, 6.07) is 0. The molecule has 0 atom stereocenters. The van der Waals surface area contributed by atoms with Crippen LogP contribution in [-0.4, -0.2) is 39.0 Å². The second-order valence-electron chi connectivity index (χ2n) is 4.41. The van der Waals surface area contributed by atoms with E-state index in [0.717, 1.165) is 25.7 Å². The maximum atomic E-state index is 11.8. The molecule has 1 N–H and O–H groups in total. The lowest BCUT2D eigenvalue weighted by Gasteiger charge is -2.07. The number of rotatable bonds is 8. The summed E-state index contributed by atoms with van der Waals surface area (Å²) in [4.78, 5) is 0. The minimum atomic E-state index is -5.84. The normalized spacial score (nSPS) is 13.3. The van der Waals surface area contributed by atoms with Gasteiger partial charge < -0.3 is 0 Å². The van der Waals surface area contributed by atoms with Crippen LogP contribution in [-0.2, 0) is 24.4 Å². The zero-order valence-corrected chi connectivity index (χ0v) is 14.2. The number of hydrogen-bond donors (Lipinski definition) is 1. The van der Waals surface area contributed by atoms with Gasteiger partial charge >= 0.3 is 31.3 Å². The molecule has 0 aromatic heterocycles. The number of hydrogen-bond acceptors (Lipinski definition) is 5. The molecule has 0 saturated heterocycles. The largest absolute Gasteiger partial charge is 0.523 e. The first kappa shape index (κ1) is 25.6. The molecule has 24 heavy (non-hydrogen) atoms. The average Bonchev–Trinajstić information content (AvgIpc) is 2.34. The van der Waals surface area contributed by atoms with E-state index in [1.54, 1.807) is 0 Å². The van der Waals surface area contributed by atoms with Crippen LogP contribution < -0.4 is 0 Å². The van der Waals surface area contributed by atoms with Crippen LogP contribution in [0, 0.1) is 0 Å². The second kappa shape index (κ2) is 10.4. The highest BCUT2D eigenvalue weighted by molar-refractivity contribution is 7.87. The molecule has 14 heteroatoms. The van der Waals surface area contributed by atoms with Gasteiger partial charge in [-0.2, -0.15) is 43.2 Å². The molecule has 0 aliphatic carbocycles. The van der Waals surface area contributed by atoms with Gasteiger partial charge in [0.1, 0.15) is 0 Å². The first-order chi connectivity index (χ1) is 10.6. The molecule has 0 rings (SSSR count). The van der Waals surface area contributed by atoms with E-state index in [0.29, 0.717) is 12.8 Å². The Morgan fingerprint density at radius 3 is 1.50 bits per heavy atom. The molecule has 0 amide bonds. The minimum Gasteiger partial charge on any atom is -0.279 e. The van der Waals surface area contributed by atoms with Gasteiger partial charge in [-0.1, -0.05) is 39.0 Å². The summed E-state index contributed by atoms with van der Waals surface area (Å²) in [6.07, 6.45) is 5.10.